The van der Waals surface area contributed by atoms with E-state index in [0.29, 0.717) is 23.8 Å². The summed E-state index contributed by atoms with van der Waals surface area (Å²) < 4.78 is 0.978. The highest BCUT2D eigenvalue weighted by Gasteiger charge is 2.29. The van der Waals surface area contributed by atoms with Crippen LogP contribution in [0.15, 0.2) is 34.1 Å². The maximum atomic E-state index is 11.7. The number of amides is 2. The predicted octanol–water partition coefficient (Wildman–Crippen LogP) is 3.35. The van der Waals surface area contributed by atoms with E-state index in [9.17, 15) is 4.79 Å². The molecule has 0 aliphatic heterocycles. The van der Waals surface area contributed by atoms with Crippen LogP contribution in [0.2, 0.25) is 0 Å². The lowest BCUT2D eigenvalue weighted by Crippen LogP contribution is -2.30. The molecule has 0 aliphatic rings. The summed E-state index contributed by atoms with van der Waals surface area (Å²) >= 11 is 4.73. The fourth-order valence-corrected chi connectivity index (χ4v) is 3.15. The normalized spacial score (nSPS) is 12.9. The number of nitrogens with zero attached hydrogens (tertiary/aromatic N) is 1. The summed E-state index contributed by atoms with van der Waals surface area (Å²) in [5.74, 6) is 2.81. The monoisotopic (exact) mass is 407 g/mol. The molecule has 2 aromatic rings. The summed E-state index contributed by atoms with van der Waals surface area (Å²) in [6.45, 7) is 2.37. The van der Waals surface area contributed by atoms with E-state index in [-0.39, 0.29) is 12.6 Å². The van der Waals surface area contributed by atoms with Crippen LogP contribution in [-0.4, -0.2) is 29.3 Å². The van der Waals surface area contributed by atoms with Crippen molar-refractivity contribution in [2.24, 2.45) is 0 Å². The molecule has 1 atom stereocenters. The van der Waals surface area contributed by atoms with Gasteiger partial charge in [-0.25, -0.2) is 9.78 Å². The lowest BCUT2D eigenvalue weighted by molar-refractivity contribution is 0.249. The number of anilines is 1. The van der Waals surface area contributed by atoms with E-state index in [0.717, 1.165) is 10.0 Å². The minimum absolute atomic E-state index is 0.0371. The van der Waals surface area contributed by atoms with E-state index in [4.69, 9.17) is 11.5 Å². The average Bonchev–Trinajstić information content (AvgIpc) is 3.04. The van der Waals surface area contributed by atoms with Gasteiger partial charge in [0.2, 0.25) is 0 Å². The third-order valence-corrected chi connectivity index (χ3v) is 4.85. The molecule has 1 aromatic carbocycles. The van der Waals surface area contributed by atoms with Gasteiger partial charge in [0.05, 0.1) is 11.1 Å². The number of aromatic nitrogens is 1. The van der Waals surface area contributed by atoms with Crippen molar-refractivity contribution in [3.05, 3.63) is 45.4 Å². The molecule has 1 heterocycles. The van der Waals surface area contributed by atoms with Gasteiger partial charge in [0, 0.05) is 23.0 Å². The Bertz CT molecular complexity index is 739. The number of carbonyl (C=O) groups excluding carboxylic acids is 1. The van der Waals surface area contributed by atoms with Crippen LogP contribution in [0, 0.1) is 12.3 Å². The highest BCUT2D eigenvalue weighted by Crippen LogP contribution is 2.33. The van der Waals surface area contributed by atoms with Crippen LogP contribution in [0.25, 0.3) is 0 Å². The van der Waals surface area contributed by atoms with Crippen LogP contribution in [0.5, 0.6) is 0 Å². The molecule has 0 saturated heterocycles. The number of terminal acetylenes is 1. The molecule has 0 spiro atoms. The first kappa shape index (κ1) is 18.5. The van der Waals surface area contributed by atoms with Crippen molar-refractivity contribution in [1.29, 1.82) is 0 Å². The Labute approximate surface area is 153 Å². The van der Waals surface area contributed by atoms with E-state index in [1.54, 1.807) is 0 Å². The Morgan fingerprint density at radius 1 is 1.46 bits per heavy atom. The number of hydrogen-bond donors (Lipinski definition) is 3. The van der Waals surface area contributed by atoms with E-state index < -0.39 is 5.41 Å². The van der Waals surface area contributed by atoms with Crippen molar-refractivity contribution in [3.8, 4) is 12.3 Å². The zero-order chi connectivity index (χ0) is 17.6. The second kappa shape index (κ2) is 8.29. The van der Waals surface area contributed by atoms with Crippen LogP contribution in [0.3, 0.4) is 0 Å². The van der Waals surface area contributed by atoms with Crippen LogP contribution in [0.4, 0.5) is 9.93 Å². The number of rotatable bonds is 6. The third kappa shape index (κ3) is 4.35. The summed E-state index contributed by atoms with van der Waals surface area (Å²) in [5, 5.41) is 16.4. The minimum Gasteiger partial charge on any atom is -0.396 e. The molecular formula is C17H18BrN3O2S. The predicted molar refractivity (Wildman–Crippen MR) is 100 cm³/mol. The Morgan fingerprint density at radius 3 is 2.79 bits per heavy atom. The van der Waals surface area contributed by atoms with Gasteiger partial charge >= 0.3 is 6.03 Å². The lowest BCUT2D eigenvalue weighted by Gasteiger charge is -2.22. The second-order valence-corrected chi connectivity index (χ2v) is 7.05. The Morgan fingerprint density at radius 2 is 2.17 bits per heavy atom. The fraction of sp³-hybridized carbons (Fsp3) is 0.294. The molecule has 7 heteroatoms. The van der Waals surface area contributed by atoms with Gasteiger partial charge in [-0.05, 0) is 31.0 Å². The molecule has 2 amide bonds. The molecule has 0 radical (unpaired) electrons. The molecule has 0 saturated carbocycles. The molecule has 2 rings (SSSR count). The molecule has 5 nitrogen and oxygen atoms in total. The van der Waals surface area contributed by atoms with Gasteiger partial charge < -0.3 is 10.4 Å². The standard InChI is InChI=1S/C17H18BrN3O2S/c1-3-17(2,12-5-7-13(18)8-6-12)14-11-24-16(20-14)21-15(23)19-9-4-10-22/h1,5-8,11,22H,4,9-10H2,2H3,(H2,19,20,21,23). The summed E-state index contributed by atoms with van der Waals surface area (Å²) in [6.07, 6.45) is 6.29. The van der Waals surface area contributed by atoms with Crippen molar-refractivity contribution >= 4 is 38.4 Å². The van der Waals surface area contributed by atoms with Gasteiger partial charge in [-0.2, -0.15) is 0 Å². The molecule has 3 N–H and O–H groups in total. The first-order chi connectivity index (χ1) is 11.5. The Hall–Kier alpha value is -1.88. The zero-order valence-corrected chi connectivity index (χ0v) is 15.6. The summed E-state index contributed by atoms with van der Waals surface area (Å²) in [4.78, 5) is 16.2. The molecular weight excluding hydrogens is 390 g/mol. The molecule has 24 heavy (non-hydrogen) atoms. The van der Waals surface area contributed by atoms with E-state index >= 15 is 0 Å². The van der Waals surface area contributed by atoms with Crippen molar-refractivity contribution < 1.29 is 9.90 Å². The molecule has 1 unspecified atom stereocenters. The topological polar surface area (TPSA) is 74.2 Å². The highest BCUT2D eigenvalue weighted by atomic mass is 79.9. The van der Waals surface area contributed by atoms with E-state index in [1.807, 2.05) is 36.6 Å². The second-order valence-electron chi connectivity index (χ2n) is 5.27. The van der Waals surface area contributed by atoms with Gasteiger partial charge in [-0.1, -0.05) is 34.0 Å². The van der Waals surface area contributed by atoms with Gasteiger partial charge in [-0.3, -0.25) is 5.32 Å². The number of aliphatic hydroxyl groups is 1. The van der Waals surface area contributed by atoms with Crippen molar-refractivity contribution in [2.45, 2.75) is 18.8 Å². The third-order valence-electron chi connectivity index (χ3n) is 3.57. The van der Waals surface area contributed by atoms with Gasteiger partial charge in [-0.15, -0.1) is 17.8 Å². The summed E-state index contributed by atoms with van der Waals surface area (Å²) in [6, 6.07) is 7.43. The number of benzene rings is 1. The zero-order valence-electron chi connectivity index (χ0n) is 13.2. The molecule has 126 valence electrons. The average molecular weight is 408 g/mol. The Balaban J connectivity index is 2.14. The SMILES string of the molecule is C#CC(C)(c1ccc(Br)cc1)c1csc(NC(=O)NCCCO)n1. The minimum atomic E-state index is -0.676. The molecule has 1 aromatic heterocycles. The first-order valence-electron chi connectivity index (χ1n) is 7.35. The van der Waals surface area contributed by atoms with Crippen LogP contribution in [0.1, 0.15) is 24.6 Å². The largest absolute Gasteiger partial charge is 0.396 e. The summed E-state index contributed by atoms with van der Waals surface area (Å²) in [7, 11) is 0. The summed E-state index contributed by atoms with van der Waals surface area (Å²) in [5.41, 5.74) is 0.991. The Kier molecular flexibility index (Phi) is 6.37. The molecule has 0 aliphatic carbocycles. The molecule has 0 bridgehead atoms. The number of carbonyl (C=O) groups is 1. The van der Waals surface area contributed by atoms with Gasteiger partial charge in [0.1, 0.15) is 0 Å². The maximum absolute atomic E-state index is 11.7. The smallest absolute Gasteiger partial charge is 0.321 e. The number of thiazole rings is 1. The number of urea groups is 1. The first-order valence-corrected chi connectivity index (χ1v) is 9.02. The fourth-order valence-electron chi connectivity index (χ4n) is 2.07. The maximum Gasteiger partial charge on any atom is 0.321 e. The van der Waals surface area contributed by atoms with Crippen molar-refractivity contribution in [3.63, 3.8) is 0 Å². The number of aliphatic hydroxyl groups excluding tert-OH is 1. The quantitative estimate of drug-likeness (QED) is 0.507. The number of hydrogen-bond acceptors (Lipinski definition) is 4. The van der Waals surface area contributed by atoms with Crippen molar-refractivity contribution in [2.75, 3.05) is 18.5 Å². The highest BCUT2D eigenvalue weighted by molar-refractivity contribution is 9.10. The number of nitrogens with one attached hydrogen (secondary N) is 2. The van der Waals surface area contributed by atoms with Crippen LogP contribution < -0.4 is 10.6 Å². The van der Waals surface area contributed by atoms with Crippen molar-refractivity contribution in [1.82, 2.24) is 10.3 Å². The van der Waals surface area contributed by atoms with Gasteiger partial charge in [0.25, 0.3) is 0 Å². The van der Waals surface area contributed by atoms with E-state index in [1.165, 1.54) is 11.3 Å². The van der Waals surface area contributed by atoms with E-state index in [2.05, 4.69) is 37.5 Å². The van der Waals surface area contributed by atoms with Gasteiger partial charge in [0.15, 0.2) is 5.13 Å². The lowest BCUT2D eigenvalue weighted by atomic mass is 9.81. The van der Waals surface area contributed by atoms with Crippen LogP contribution in [-0.2, 0) is 5.41 Å². The number of halogens is 1. The molecule has 0 fully saturated rings. The van der Waals surface area contributed by atoms with Crippen LogP contribution >= 0.6 is 27.3 Å².